The molecule has 0 amide bonds. The molecule has 0 radical (unpaired) electrons. The molecule has 2 nitrogen and oxygen atoms in total. The van der Waals surface area contributed by atoms with E-state index in [2.05, 4.69) is 37.9 Å². The molecule has 0 saturated carbocycles. The van der Waals surface area contributed by atoms with E-state index in [0.29, 0.717) is 12.0 Å². The fourth-order valence-electron chi connectivity index (χ4n) is 2.94. The van der Waals surface area contributed by atoms with E-state index >= 15 is 0 Å². The average molecular weight is 278 g/mol. The molecule has 1 saturated heterocycles. The molecule has 0 bridgehead atoms. The van der Waals surface area contributed by atoms with E-state index in [1.807, 2.05) is 6.07 Å². The van der Waals surface area contributed by atoms with E-state index in [1.165, 1.54) is 12.5 Å². The zero-order valence-electron chi connectivity index (χ0n) is 13.1. The van der Waals surface area contributed by atoms with Crippen LogP contribution in [-0.2, 0) is 6.54 Å². The third kappa shape index (κ3) is 4.03. The normalized spacial score (nSPS) is 23.2. The summed E-state index contributed by atoms with van der Waals surface area (Å²) in [5.41, 5.74) is 1.17. The van der Waals surface area contributed by atoms with E-state index in [0.717, 1.165) is 25.2 Å². The highest BCUT2D eigenvalue weighted by atomic mass is 19.1. The third-order valence-corrected chi connectivity index (χ3v) is 4.14. The van der Waals surface area contributed by atoms with Crippen LogP contribution >= 0.6 is 0 Å². The van der Waals surface area contributed by atoms with Crippen LogP contribution in [0.25, 0.3) is 0 Å². The molecule has 1 aromatic rings. The van der Waals surface area contributed by atoms with Crippen molar-refractivity contribution in [2.24, 2.45) is 5.92 Å². The van der Waals surface area contributed by atoms with Crippen molar-refractivity contribution in [2.75, 3.05) is 13.1 Å². The summed E-state index contributed by atoms with van der Waals surface area (Å²) in [7, 11) is 0. The highest BCUT2D eigenvalue weighted by molar-refractivity contribution is 5.17. The van der Waals surface area contributed by atoms with Gasteiger partial charge in [0.25, 0.3) is 0 Å². The molecule has 2 rings (SSSR count). The summed E-state index contributed by atoms with van der Waals surface area (Å²) in [4.78, 5) is 2.48. The van der Waals surface area contributed by atoms with E-state index in [4.69, 9.17) is 0 Å². The second-order valence-corrected chi connectivity index (χ2v) is 7.03. The number of halogens is 1. The predicted octanol–water partition coefficient (Wildman–Crippen LogP) is 3.42. The number of benzene rings is 1. The van der Waals surface area contributed by atoms with Gasteiger partial charge in [-0.2, -0.15) is 0 Å². The lowest BCUT2D eigenvalue weighted by atomic mass is 9.93. The van der Waals surface area contributed by atoms with Gasteiger partial charge in [-0.3, -0.25) is 4.90 Å². The fraction of sp³-hybridized carbons (Fsp3) is 0.647. The minimum atomic E-state index is -0.144. The number of nitrogens with zero attached hydrogens (tertiary/aromatic N) is 1. The minimum absolute atomic E-state index is 0.111. The first-order valence-electron chi connectivity index (χ1n) is 7.60. The minimum Gasteiger partial charge on any atom is -0.311 e. The number of nitrogens with one attached hydrogen (secondary N) is 1. The van der Waals surface area contributed by atoms with Gasteiger partial charge in [0, 0.05) is 31.2 Å². The van der Waals surface area contributed by atoms with Gasteiger partial charge in [-0.05, 0) is 43.9 Å². The van der Waals surface area contributed by atoms with Crippen molar-refractivity contribution in [1.82, 2.24) is 10.2 Å². The van der Waals surface area contributed by atoms with Crippen molar-refractivity contribution < 1.29 is 4.39 Å². The van der Waals surface area contributed by atoms with Crippen LogP contribution < -0.4 is 5.32 Å². The molecule has 112 valence electrons. The summed E-state index contributed by atoms with van der Waals surface area (Å²) < 4.78 is 13.3. The first kappa shape index (κ1) is 15.5. The van der Waals surface area contributed by atoms with Crippen LogP contribution in [0.4, 0.5) is 4.39 Å². The summed E-state index contributed by atoms with van der Waals surface area (Å²) >= 11 is 0. The SMILES string of the molecule is CC(C)CC1CN(Cc2cccc(F)c2)C(C)(C)CN1. The molecule has 0 aliphatic carbocycles. The number of hydrogen-bond acceptors (Lipinski definition) is 2. The topological polar surface area (TPSA) is 15.3 Å². The average Bonchev–Trinajstić information content (AvgIpc) is 2.33. The molecular weight excluding hydrogens is 251 g/mol. The molecule has 1 aliphatic heterocycles. The molecule has 1 atom stereocenters. The Morgan fingerprint density at radius 3 is 2.80 bits per heavy atom. The lowest BCUT2D eigenvalue weighted by Gasteiger charge is -2.46. The molecule has 1 heterocycles. The van der Waals surface area contributed by atoms with Gasteiger partial charge in [-0.25, -0.2) is 4.39 Å². The molecule has 1 unspecified atom stereocenters. The number of rotatable bonds is 4. The Kier molecular flexibility index (Phi) is 4.82. The van der Waals surface area contributed by atoms with Gasteiger partial charge in [0.2, 0.25) is 0 Å². The van der Waals surface area contributed by atoms with Crippen LogP contribution in [0, 0.1) is 11.7 Å². The predicted molar refractivity (Wildman–Crippen MR) is 82.1 cm³/mol. The second-order valence-electron chi connectivity index (χ2n) is 7.03. The van der Waals surface area contributed by atoms with Gasteiger partial charge in [0.1, 0.15) is 5.82 Å². The first-order chi connectivity index (χ1) is 9.37. The van der Waals surface area contributed by atoms with Gasteiger partial charge in [0.15, 0.2) is 0 Å². The van der Waals surface area contributed by atoms with Crippen LogP contribution in [-0.4, -0.2) is 29.6 Å². The van der Waals surface area contributed by atoms with Crippen LogP contribution in [0.2, 0.25) is 0 Å². The first-order valence-corrected chi connectivity index (χ1v) is 7.60. The molecule has 0 spiro atoms. The Bertz CT molecular complexity index is 442. The maximum absolute atomic E-state index is 13.3. The highest BCUT2D eigenvalue weighted by Crippen LogP contribution is 2.23. The zero-order valence-corrected chi connectivity index (χ0v) is 13.1. The quantitative estimate of drug-likeness (QED) is 0.908. The molecule has 1 aromatic carbocycles. The molecular formula is C17H27FN2. The summed E-state index contributed by atoms with van der Waals surface area (Å²) in [6.45, 7) is 11.9. The summed E-state index contributed by atoms with van der Waals surface area (Å²) in [6.07, 6.45) is 1.19. The van der Waals surface area contributed by atoms with Gasteiger partial charge in [-0.15, -0.1) is 0 Å². The monoisotopic (exact) mass is 278 g/mol. The van der Waals surface area contributed by atoms with Crippen molar-refractivity contribution in [1.29, 1.82) is 0 Å². The molecule has 20 heavy (non-hydrogen) atoms. The summed E-state index contributed by atoms with van der Waals surface area (Å²) in [6, 6.07) is 7.50. The molecule has 1 N–H and O–H groups in total. The lowest BCUT2D eigenvalue weighted by molar-refractivity contribution is 0.0535. The highest BCUT2D eigenvalue weighted by Gasteiger charge is 2.33. The van der Waals surface area contributed by atoms with Crippen molar-refractivity contribution >= 4 is 0 Å². The Hall–Kier alpha value is -0.930. The smallest absolute Gasteiger partial charge is 0.123 e. The number of hydrogen-bond donors (Lipinski definition) is 1. The summed E-state index contributed by atoms with van der Waals surface area (Å²) in [5, 5.41) is 3.65. The Labute approximate surface area is 122 Å². The van der Waals surface area contributed by atoms with E-state index < -0.39 is 0 Å². The van der Waals surface area contributed by atoms with Crippen molar-refractivity contribution in [3.05, 3.63) is 35.6 Å². The van der Waals surface area contributed by atoms with Gasteiger partial charge < -0.3 is 5.32 Å². The largest absolute Gasteiger partial charge is 0.311 e. The maximum atomic E-state index is 13.3. The van der Waals surface area contributed by atoms with E-state index in [9.17, 15) is 4.39 Å². The zero-order chi connectivity index (χ0) is 14.8. The molecule has 1 aliphatic rings. The molecule has 0 aromatic heterocycles. The van der Waals surface area contributed by atoms with Crippen LogP contribution in [0.5, 0.6) is 0 Å². The van der Waals surface area contributed by atoms with Crippen molar-refractivity contribution in [3.63, 3.8) is 0 Å². The number of piperazine rings is 1. The van der Waals surface area contributed by atoms with Gasteiger partial charge in [-0.1, -0.05) is 26.0 Å². The standard InChI is InChI=1S/C17H27FN2/c1-13(2)8-16-11-20(17(3,4)12-19-16)10-14-6-5-7-15(18)9-14/h5-7,9,13,16,19H,8,10-12H2,1-4H3. The van der Waals surface area contributed by atoms with Crippen LogP contribution in [0.3, 0.4) is 0 Å². The lowest BCUT2D eigenvalue weighted by Crippen LogP contribution is -2.61. The fourth-order valence-corrected chi connectivity index (χ4v) is 2.94. The van der Waals surface area contributed by atoms with Gasteiger partial charge in [0.05, 0.1) is 0 Å². The molecule has 1 fully saturated rings. The van der Waals surface area contributed by atoms with E-state index in [-0.39, 0.29) is 11.4 Å². The van der Waals surface area contributed by atoms with Gasteiger partial charge >= 0.3 is 0 Å². The Morgan fingerprint density at radius 1 is 1.40 bits per heavy atom. The van der Waals surface area contributed by atoms with Crippen molar-refractivity contribution in [3.8, 4) is 0 Å². The van der Waals surface area contributed by atoms with Crippen LogP contribution in [0.1, 0.15) is 39.7 Å². The third-order valence-electron chi connectivity index (χ3n) is 4.14. The van der Waals surface area contributed by atoms with Crippen LogP contribution in [0.15, 0.2) is 24.3 Å². The maximum Gasteiger partial charge on any atom is 0.123 e. The Morgan fingerprint density at radius 2 is 2.15 bits per heavy atom. The van der Waals surface area contributed by atoms with E-state index in [1.54, 1.807) is 12.1 Å². The summed E-state index contributed by atoms with van der Waals surface area (Å²) in [5.74, 6) is 0.555. The second kappa shape index (κ2) is 6.23. The van der Waals surface area contributed by atoms with Crippen molar-refractivity contribution in [2.45, 2.75) is 52.2 Å². The Balaban J connectivity index is 2.06. The molecule has 3 heteroatoms.